The molecule has 0 saturated carbocycles. The molecule has 1 aliphatic heterocycles. The Morgan fingerprint density at radius 2 is 1.83 bits per heavy atom. The number of benzene rings is 2. The first-order chi connectivity index (χ1) is 11.6. The van der Waals surface area contributed by atoms with Crippen molar-refractivity contribution in [3.63, 3.8) is 0 Å². The summed E-state index contributed by atoms with van der Waals surface area (Å²) in [4.78, 5) is 30.7. The van der Waals surface area contributed by atoms with E-state index < -0.39 is 0 Å². The Kier molecular flexibility index (Phi) is 4.96. The predicted octanol–water partition coefficient (Wildman–Crippen LogP) is 2.80. The Balaban J connectivity index is 1.77. The average Bonchev–Trinajstić information content (AvgIpc) is 3.14. The molecule has 0 bridgehead atoms. The van der Waals surface area contributed by atoms with E-state index in [9.17, 15) is 9.59 Å². The molecule has 1 heterocycles. The van der Waals surface area contributed by atoms with Gasteiger partial charge in [-0.3, -0.25) is 14.6 Å². The summed E-state index contributed by atoms with van der Waals surface area (Å²) in [5.41, 5.74) is 1.71. The van der Waals surface area contributed by atoms with Gasteiger partial charge in [-0.2, -0.15) is 0 Å². The van der Waals surface area contributed by atoms with Crippen molar-refractivity contribution in [3.05, 3.63) is 65.7 Å². The minimum absolute atomic E-state index is 0.163. The van der Waals surface area contributed by atoms with Crippen molar-refractivity contribution in [2.75, 3.05) is 24.2 Å². The molecule has 3 rings (SSSR count). The number of aliphatic imine (C=N–C) groups is 1. The summed E-state index contributed by atoms with van der Waals surface area (Å²) in [6.07, 6.45) is 0. The number of hydrogen-bond donors (Lipinski definition) is 1. The molecule has 0 unspecified atom stereocenters. The Bertz CT molecular complexity index is 790. The molecule has 0 saturated heterocycles. The number of nitrogens with zero attached hydrogens (tertiary/aromatic N) is 2. The number of anilines is 1. The predicted molar refractivity (Wildman–Crippen MR) is 97.8 cm³/mol. The molecule has 1 aliphatic rings. The van der Waals surface area contributed by atoms with Gasteiger partial charge >= 0.3 is 0 Å². The average molecular weight is 339 g/mol. The standard InChI is InChI=1S/C18H17N3O2S/c1-21(15-8-3-2-4-9-15)17(23)14-7-5-6-13(12-14)16(22)20-18-19-10-11-24-18/h2-9,12H,10-11H2,1H3,(H,19,20,22). The number of rotatable bonds is 3. The van der Waals surface area contributed by atoms with Crippen LogP contribution in [-0.2, 0) is 0 Å². The van der Waals surface area contributed by atoms with Gasteiger partial charge in [-0.05, 0) is 30.3 Å². The van der Waals surface area contributed by atoms with Crippen molar-refractivity contribution in [1.29, 1.82) is 0 Å². The molecule has 2 aromatic rings. The SMILES string of the molecule is CN(C(=O)c1cccc(C(=O)NC2=NCCS2)c1)c1ccccc1. The highest BCUT2D eigenvalue weighted by Crippen LogP contribution is 2.16. The molecular formula is C18H17N3O2S. The third kappa shape index (κ3) is 3.65. The number of para-hydroxylation sites is 1. The van der Waals surface area contributed by atoms with Crippen LogP contribution in [0.1, 0.15) is 20.7 Å². The first-order valence-electron chi connectivity index (χ1n) is 7.57. The molecule has 5 nitrogen and oxygen atoms in total. The smallest absolute Gasteiger partial charge is 0.258 e. The highest BCUT2D eigenvalue weighted by Gasteiger charge is 2.17. The maximum atomic E-state index is 12.6. The van der Waals surface area contributed by atoms with E-state index in [4.69, 9.17) is 0 Å². The summed E-state index contributed by atoms with van der Waals surface area (Å²) >= 11 is 1.52. The van der Waals surface area contributed by atoms with Gasteiger partial charge in [0.1, 0.15) is 0 Å². The van der Waals surface area contributed by atoms with Gasteiger partial charge in [0.25, 0.3) is 11.8 Å². The Labute approximate surface area is 144 Å². The number of amides is 2. The minimum atomic E-state index is -0.250. The molecule has 2 amide bonds. The maximum Gasteiger partial charge on any atom is 0.258 e. The van der Waals surface area contributed by atoms with Gasteiger partial charge < -0.3 is 10.2 Å². The van der Waals surface area contributed by atoms with Crippen molar-refractivity contribution in [2.24, 2.45) is 4.99 Å². The minimum Gasteiger partial charge on any atom is -0.311 e. The van der Waals surface area contributed by atoms with E-state index >= 15 is 0 Å². The zero-order valence-electron chi connectivity index (χ0n) is 13.2. The summed E-state index contributed by atoms with van der Waals surface area (Å²) in [6, 6.07) is 16.1. The lowest BCUT2D eigenvalue weighted by molar-refractivity contribution is 0.0978. The van der Waals surface area contributed by atoms with E-state index in [1.165, 1.54) is 11.8 Å². The lowest BCUT2D eigenvalue weighted by Gasteiger charge is -2.17. The second-order valence-corrected chi connectivity index (χ2v) is 6.35. The van der Waals surface area contributed by atoms with Gasteiger partial charge in [0, 0.05) is 29.6 Å². The van der Waals surface area contributed by atoms with Crippen LogP contribution >= 0.6 is 11.8 Å². The quantitative estimate of drug-likeness (QED) is 0.935. The van der Waals surface area contributed by atoms with Gasteiger partial charge in [-0.1, -0.05) is 36.0 Å². The number of carbonyl (C=O) groups is 2. The van der Waals surface area contributed by atoms with Crippen LogP contribution in [0.25, 0.3) is 0 Å². The largest absolute Gasteiger partial charge is 0.311 e. The Morgan fingerprint density at radius 1 is 1.08 bits per heavy atom. The molecule has 0 atom stereocenters. The van der Waals surface area contributed by atoms with Gasteiger partial charge in [-0.25, -0.2) is 0 Å². The second-order valence-electron chi connectivity index (χ2n) is 5.27. The van der Waals surface area contributed by atoms with Gasteiger partial charge in [-0.15, -0.1) is 0 Å². The molecule has 6 heteroatoms. The molecule has 0 aromatic heterocycles. The molecule has 0 aliphatic carbocycles. The molecule has 24 heavy (non-hydrogen) atoms. The van der Waals surface area contributed by atoms with E-state index in [0.29, 0.717) is 16.3 Å². The van der Waals surface area contributed by atoms with Crippen molar-refractivity contribution in [1.82, 2.24) is 5.32 Å². The molecule has 0 spiro atoms. The Hall–Kier alpha value is -2.60. The van der Waals surface area contributed by atoms with Crippen molar-refractivity contribution in [3.8, 4) is 0 Å². The molecular weight excluding hydrogens is 322 g/mol. The van der Waals surface area contributed by atoms with Gasteiger partial charge in [0.15, 0.2) is 5.17 Å². The lowest BCUT2D eigenvalue weighted by Crippen LogP contribution is -2.29. The molecule has 0 radical (unpaired) electrons. The Morgan fingerprint density at radius 3 is 2.54 bits per heavy atom. The number of nitrogens with one attached hydrogen (secondary N) is 1. The first-order valence-corrected chi connectivity index (χ1v) is 8.55. The summed E-state index contributed by atoms with van der Waals surface area (Å²) in [5, 5.41) is 3.41. The second kappa shape index (κ2) is 7.31. The van der Waals surface area contributed by atoms with E-state index in [2.05, 4.69) is 10.3 Å². The fourth-order valence-corrected chi connectivity index (χ4v) is 3.06. The molecule has 0 fully saturated rings. The summed E-state index contributed by atoms with van der Waals surface area (Å²) in [6.45, 7) is 0.723. The third-order valence-electron chi connectivity index (χ3n) is 3.63. The maximum absolute atomic E-state index is 12.6. The van der Waals surface area contributed by atoms with Crippen LogP contribution in [0.4, 0.5) is 5.69 Å². The normalized spacial score (nSPS) is 13.3. The van der Waals surface area contributed by atoms with Crippen molar-refractivity contribution < 1.29 is 9.59 Å². The summed E-state index contributed by atoms with van der Waals surface area (Å²) in [7, 11) is 1.72. The van der Waals surface area contributed by atoms with Crippen LogP contribution in [0.2, 0.25) is 0 Å². The van der Waals surface area contributed by atoms with Crippen molar-refractivity contribution >= 4 is 34.4 Å². The molecule has 2 aromatic carbocycles. The summed E-state index contributed by atoms with van der Waals surface area (Å²) < 4.78 is 0. The summed E-state index contributed by atoms with van der Waals surface area (Å²) in [5.74, 6) is 0.472. The number of carbonyl (C=O) groups excluding carboxylic acids is 2. The van der Waals surface area contributed by atoms with Crippen LogP contribution < -0.4 is 10.2 Å². The first kappa shape index (κ1) is 16.3. The lowest BCUT2D eigenvalue weighted by atomic mass is 10.1. The van der Waals surface area contributed by atoms with E-state index in [1.807, 2.05) is 30.3 Å². The van der Waals surface area contributed by atoms with E-state index in [1.54, 1.807) is 36.2 Å². The monoisotopic (exact) mass is 339 g/mol. The number of amidine groups is 1. The van der Waals surface area contributed by atoms with Crippen LogP contribution in [0.5, 0.6) is 0 Å². The van der Waals surface area contributed by atoms with Crippen LogP contribution in [-0.4, -0.2) is 36.3 Å². The van der Waals surface area contributed by atoms with Gasteiger partial charge in [0.05, 0.1) is 6.54 Å². The molecule has 1 N–H and O–H groups in total. The highest BCUT2D eigenvalue weighted by atomic mass is 32.2. The topological polar surface area (TPSA) is 61.8 Å². The molecule has 122 valence electrons. The fourth-order valence-electron chi connectivity index (χ4n) is 2.34. The van der Waals surface area contributed by atoms with E-state index in [0.717, 1.165) is 18.0 Å². The van der Waals surface area contributed by atoms with Crippen LogP contribution in [0.3, 0.4) is 0 Å². The van der Waals surface area contributed by atoms with Crippen LogP contribution in [0, 0.1) is 0 Å². The van der Waals surface area contributed by atoms with Gasteiger partial charge in [0.2, 0.25) is 0 Å². The third-order valence-corrected chi connectivity index (χ3v) is 4.52. The zero-order chi connectivity index (χ0) is 16.9. The fraction of sp³-hybridized carbons (Fsp3) is 0.167. The van der Waals surface area contributed by atoms with Crippen LogP contribution in [0.15, 0.2) is 59.6 Å². The number of hydrogen-bond acceptors (Lipinski definition) is 4. The van der Waals surface area contributed by atoms with Crippen molar-refractivity contribution in [2.45, 2.75) is 0 Å². The van der Waals surface area contributed by atoms with E-state index in [-0.39, 0.29) is 11.8 Å². The zero-order valence-corrected chi connectivity index (χ0v) is 14.0. The highest BCUT2D eigenvalue weighted by molar-refractivity contribution is 8.14. The number of thioether (sulfide) groups is 1.